The van der Waals surface area contributed by atoms with Crippen molar-refractivity contribution in [3.8, 4) is 6.07 Å². The van der Waals surface area contributed by atoms with E-state index in [-0.39, 0.29) is 6.61 Å². The van der Waals surface area contributed by atoms with Crippen LogP contribution >= 0.6 is 0 Å². The molecule has 0 aromatic rings. The smallest absolute Gasteiger partial charge is 0.129 e. The molecule has 0 unspecified atom stereocenters. The first-order valence-corrected chi connectivity index (χ1v) is 2.64. The SMILES string of the molecule is N#CC1(CON)COC1. The summed E-state index contributed by atoms with van der Waals surface area (Å²) in [4.78, 5) is 4.34. The van der Waals surface area contributed by atoms with Crippen molar-refractivity contribution < 1.29 is 9.57 Å². The summed E-state index contributed by atoms with van der Waals surface area (Å²) >= 11 is 0. The molecule has 0 radical (unpaired) electrons. The average molecular weight is 128 g/mol. The van der Waals surface area contributed by atoms with Crippen LogP contribution in [0.4, 0.5) is 0 Å². The van der Waals surface area contributed by atoms with Crippen LogP contribution in [0.5, 0.6) is 0 Å². The number of hydrogen-bond acceptors (Lipinski definition) is 4. The zero-order valence-corrected chi connectivity index (χ0v) is 4.96. The molecule has 1 aliphatic heterocycles. The molecule has 0 aromatic heterocycles. The van der Waals surface area contributed by atoms with E-state index in [1.807, 2.05) is 0 Å². The Labute approximate surface area is 53.1 Å². The van der Waals surface area contributed by atoms with Gasteiger partial charge in [-0.1, -0.05) is 0 Å². The van der Waals surface area contributed by atoms with Crippen LogP contribution in [0.15, 0.2) is 0 Å². The van der Waals surface area contributed by atoms with E-state index in [0.29, 0.717) is 13.2 Å². The normalized spacial score (nSPS) is 22.2. The van der Waals surface area contributed by atoms with Crippen LogP contribution in [0.1, 0.15) is 0 Å². The van der Waals surface area contributed by atoms with Gasteiger partial charge in [-0.25, -0.2) is 5.90 Å². The van der Waals surface area contributed by atoms with Gasteiger partial charge in [-0.05, 0) is 0 Å². The minimum absolute atomic E-state index is 0.267. The molecule has 1 aliphatic rings. The fourth-order valence-corrected chi connectivity index (χ4v) is 0.688. The second-order valence-corrected chi connectivity index (χ2v) is 2.20. The van der Waals surface area contributed by atoms with Gasteiger partial charge in [0, 0.05) is 0 Å². The summed E-state index contributed by atoms with van der Waals surface area (Å²) in [6.45, 7) is 1.16. The first-order chi connectivity index (χ1) is 4.33. The molecule has 0 amide bonds. The van der Waals surface area contributed by atoms with Crippen molar-refractivity contribution in [1.82, 2.24) is 0 Å². The van der Waals surface area contributed by atoms with Gasteiger partial charge >= 0.3 is 0 Å². The Hall–Kier alpha value is -0.630. The molecule has 0 spiro atoms. The number of nitrogens with zero attached hydrogens (tertiary/aromatic N) is 1. The summed E-state index contributed by atoms with van der Waals surface area (Å²) in [5.74, 6) is 4.79. The van der Waals surface area contributed by atoms with Crippen molar-refractivity contribution in [1.29, 1.82) is 5.26 Å². The predicted octanol–water partition coefficient (Wildman–Crippen LogP) is -0.583. The molecule has 0 aromatic carbocycles. The molecular weight excluding hydrogens is 120 g/mol. The van der Waals surface area contributed by atoms with Crippen molar-refractivity contribution in [2.45, 2.75) is 0 Å². The van der Waals surface area contributed by atoms with Gasteiger partial charge in [0.1, 0.15) is 5.41 Å². The average Bonchev–Trinajstić information content (AvgIpc) is 1.79. The topological polar surface area (TPSA) is 68.3 Å². The zero-order chi connectivity index (χ0) is 6.74. The largest absolute Gasteiger partial charge is 0.378 e. The van der Waals surface area contributed by atoms with Crippen molar-refractivity contribution in [3.05, 3.63) is 0 Å². The highest BCUT2D eigenvalue weighted by atomic mass is 16.6. The molecule has 1 fully saturated rings. The van der Waals surface area contributed by atoms with Gasteiger partial charge in [0.25, 0.3) is 0 Å². The predicted molar refractivity (Wildman–Crippen MR) is 29.0 cm³/mol. The van der Waals surface area contributed by atoms with Crippen LogP contribution in [0, 0.1) is 16.7 Å². The third-order valence-corrected chi connectivity index (χ3v) is 1.35. The van der Waals surface area contributed by atoms with Crippen LogP contribution in [0.2, 0.25) is 0 Å². The van der Waals surface area contributed by atoms with E-state index in [4.69, 9.17) is 15.9 Å². The highest BCUT2D eigenvalue weighted by molar-refractivity contribution is 5.03. The van der Waals surface area contributed by atoms with E-state index in [1.54, 1.807) is 0 Å². The van der Waals surface area contributed by atoms with E-state index in [9.17, 15) is 0 Å². The van der Waals surface area contributed by atoms with Gasteiger partial charge in [0.2, 0.25) is 0 Å². The summed E-state index contributed by atoms with van der Waals surface area (Å²) in [5, 5.41) is 8.50. The number of nitrogens with two attached hydrogens (primary N) is 1. The molecule has 9 heavy (non-hydrogen) atoms. The van der Waals surface area contributed by atoms with Crippen LogP contribution < -0.4 is 5.90 Å². The minimum atomic E-state index is -0.450. The fraction of sp³-hybridized carbons (Fsp3) is 0.800. The van der Waals surface area contributed by atoms with Crippen molar-refractivity contribution in [3.63, 3.8) is 0 Å². The summed E-state index contributed by atoms with van der Waals surface area (Å²) in [7, 11) is 0. The van der Waals surface area contributed by atoms with Crippen LogP contribution in [0.3, 0.4) is 0 Å². The Morgan fingerprint density at radius 3 is 2.56 bits per heavy atom. The first-order valence-electron chi connectivity index (χ1n) is 2.64. The second kappa shape index (κ2) is 2.31. The number of hydrogen-bond donors (Lipinski definition) is 1. The standard InChI is InChI=1S/C5H8N2O2/c6-1-5(4-9-7)2-8-3-5/h2-4,7H2. The van der Waals surface area contributed by atoms with Gasteiger partial charge in [-0.2, -0.15) is 5.26 Å². The van der Waals surface area contributed by atoms with Crippen molar-refractivity contribution in [2.75, 3.05) is 19.8 Å². The Balaban J connectivity index is 2.40. The van der Waals surface area contributed by atoms with Crippen molar-refractivity contribution in [2.24, 2.45) is 11.3 Å². The maximum atomic E-state index is 8.50. The lowest BCUT2D eigenvalue weighted by Gasteiger charge is -2.33. The molecule has 4 heteroatoms. The monoisotopic (exact) mass is 128 g/mol. The molecule has 1 saturated heterocycles. The maximum Gasteiger partial charge on any atom is 0.129 e. The highest BCUT2D eigenvalue weighted by Crippen LogP contribution is 2.25. The fourth-order valence-electron chi connectivity index (χ4n) is 0.688. The molecule has 2 N–H and O–H groups in total. The third-order valence-electron chi connectivity index (χ3n) is 1.35. The number of ether oxygens (including phenoxy) is 1. The van der Waals surface area contributed by atoms with E-state index >= 15 is 0 Å². The van der Waals surface area contributed by atoms with E-state index in [0.717, 1.165) is 0 Å². The third kappa shape index (κ3) is 1.03. The van der Waals surface area contributed by atoms with Gasteiger partial charge in [0.05, 0.1) is 25.9 Å². The van der Waals surface area contributed by atoms with E-state index in [1.165, 1.54) is 0 Å². The van der Waals surface area contributed by atoms with Crippen LogP contribution in [-0.4, -0.2) is 19.8 Å². The zero-order valence-electron chi connectivity index (χ0n) is 4.96. The van der Waals surface area contributed by atoms with Crippen LogP contribution in [0.25, 0.3) is 0 Å². The van der Waals surface area contributed by atoms with Gasteiger partial charge < -0.3 is 9.57 Å². The number of rotatable bonds is 2. The summed E-state index contributed by atoms with van der Waals surface area (Å²) < 4.78 is 4.82. The molecule has 1 rings (SSSR count). The molecule has 4 nitrogen and oxygen atoms in total. The van der Waals surface area contributed by atoms with Gasteiger partial charge in [0.15, 0.2) is 0 Å². The Morgan fingerprint density at radius 2 is 2.44 bits per heavy atom. The second-order valence-electron chi connectivity index (χ2n) is 2.20. The lowest BCUT2D eigenvalue weighted by atomic mass is 9.89. The highest BCUT2D eigenvalue weighted by Gasteiger charge is 2.39. The molecule has 1 heterocycles. The Kier molecular flexibility index (Phi) is 1.67. The molecule has 0 aliphatic carbocycles. The van der Waals surface area contributed by atoms with Crippen LogP contribution in [-0.2, 0) is 9.57 Å². The molecule has 0 saturated carbocycles. The number of nitriles is 1. The first kappa shape index (κ1) is 6.49. The molecular formula is C5H8N2O2. The van der Waals surface area contributed by atoms with Gasteiger partial charge in [-0.3, -0.25) is 0 Å². The minimum Gasteiger partial charge on any atom is -0.378 e. The summed E-state index contributed by atoms with van der Waals surface area (Å²) in [5.41, 5.74) is -0.450. The molecule has 0 atom stereocenters. The molecule has 0 bridgehead atoms. The van der Waals surface area contributed by atoms with E-state index < -0.39 is 5.41 Å². The summed E-state index contributed by atoms with van der Waals surface area (Å²) in [6, 6.07) is 2.09. The lowest BCUT2D eigenvalue weighted by Crippen LogP contribution is -2.45. The van der Waals surface area contributed by atoms with Crippen molar-refractivity contribution >= 4 is 0 Å². The van der Waals surface area contributed by atoms with Gasteiger partial charge in [-0.15, -0.1) is 0 Å². The quantitative estimate of drug-likeness (QED) is 0.505. The lowest BCUT2D eigenvalue weighted by molar-refractivity contribution is -0.116. The Bertz CT molecular complexity index is 136. The summed E-state index contributed by atoms with van der Waals surface area (Å²) in [6.07, 6.45) is 0. The molecule has 50 valence electrons. The van der Waals surface area contributed by atoms with E-state index in [2.05, 4.69) is 10.9 Å². The Morgan fingerprint density at radius 1 is 1.78 bits per heavy atom. The maximum absolute atomic E-state index is 8.50.